The Kier molecular flexibility index (Phi) is 6.14. The maximum Gasteiger partial charge on any atom is 0.0598 e. The van der Waals surface area contributed by atoms with Crippen molar-refractivity contribution in [1.82, 2.24) is 5.32 Å². The van der Waals surface area contributed by atoms with Crippen LogP contribution in [0.25, 0.3) is 16.5 Å². The molecule has 0 aliphatic heterocycles. The zero-order valence-corrected chi connectivity index (χ0v) is 17.5. The quantitative estimate of drug-likeness (QED) is 0.458. The first-order valence-electron chi connectivity index (χ1n) is 9.26. The van der Waals surface area contributed by atoms with Crippen LogP contribution >= 0.6 is 23.2 Å². The van der Waals surface area contributed by atoms with E-state index in [1.165, 1.54) is 11.1 Å². The predicted molar refractivity (Wildman–Crippen MR) is 120 cm³/mol. The van der Waals surface area contributed by atoms with Crippen LogP contribution in [-0.4, -0.2) is 6.04 Å². The molecule has 0 radical (unpaired) electrons. The maximum absolute atomic E-state index is 6.16. The Morgan fingerprint density at radius 1 is 0.852 bits per heavy atom. The Hall–Kier alpha value is -1.96. The molecule has 0 aliphatic rings. The Balaban J connectivity index is 1.73. The van der Waals surface area contributed by atoms with Gasteiger partial charge in [-0.2, -0.15) is 0 Å². The van der Waals surface area contributed by atoms with Gasteiger partial charge in [0.1, 0.15) is 0 Å². The lowest BCUT2D eigenvalue weighted by Crippen LogP contribution is -2.28. The fraction of sp³-hybridized carbons (Fsp3) is 0.250. The van der Waals surface area contributed by atoms with Crippen LogP contribution in [-0.2, 0) is 6.42 Å². The molecule has 3 rings (SSSR count). The molecule has 0 saturated heterocycles. The summed E-state index contributed by atoms with van der Waals surface area (Å²) in [5.74, 6) is 0.567. The normalized spacial score (nSPS) is 12.4. The first-order valence-corrected chi connectivity index (χ1v) is 10.0. The fourth-order valence-electron chi connectivity index (χ4n) is 2.99. The molecule has 3 heteroatoms. The molecule has 1 atom stereocenters. The summed E-state index contributed by atoms with van der Waals surface area (Å²) in [6.07, 6.45) is 0.874. The molecule has 0 heterocycles. The van der Waals surface area contributed by atoms with Gasteiger partial charge >= 0.3 is 0 Å². The van der Waals surface area contributed by atoms with Gasteiger partial charge in [0, 0.05) is 11.7 Å². The highest BCUT2D eigenvalue weighted by atomic mass is 35.5. The summed E-state index contributed by atoms with van der Waals surface area (Å²) in [7, 11) is 0. The molecule has 0 bridgehead atoms. The van der Waals surface area contributed by atoms with E-state index in [4.69, 9.17) is 23.2 Å². The maximum atomic E-state index is 6.16. The van der Waals surface area contributed by atoms with Gasteiger partial charge in [0.15, 0.2) is 0 Å². The second kappa shape index (κ2) is 8.37. The van der Waals surface area contributed by atoms with E-state index in [1.807, 2.05) is 12.1 Å². The Morgan fingerprint density at radius 2 is 1.44 bits per heavy atom. The zero-order chi connectivity index (χ0) is 19.6. The average molecular weight is 398 g/mol. The van der Waals surface area contributed by atoms with Crippen LogP contribution < -0.4 is 5.32 Å². The summed E-state index contributed by atoms with van der Waals surface area (Å²) in [4.78, 5) is 0. The lowest BCUT2D eigenvalue weighted by molar-refractivity contribution is 0.481. The topological polar surface area (TPSA) is 12.0 Å². The van der Waals surface area contributed by atoms with E-state index >= 15 is 0 Å². The zero-order valence-electron chi connectivity index (χ0n) is 16.0. The minimum Gasteiger partial charge on any atom is -0.382 e. The highest BCUT2D eigenvalue weighted by Crippen LogP contribution is 2.29. The van der Waals surface area contributed by atoms with Crippen LogP contribution in [0.15, 0.2) is 61.2 Å². The number of nitrogens with one attached hydrogen (secondary N) is 1. The summed E-state index contributed by atoms with van der Waals surface area (Å²) >= 11 is 12.3. The Labute approximate surface area is 172 Å². The number of rotatable bonds is 6. The summed E-state index contributed by atoms with van der Waals surface area (Å²) in [5, 5.41) is 6.87. The van der Waals surface area contributed by atoms with Crippen molar-refractivity contribution in [2.24, 2.45) is 5.92 Å². The van der Waals surface area contributed by atoms with Crippen molar-refractivity contribution in [1.29, 1.82) is 0 Å². The van der Waals surface area contributed by atoms with Crippen molar-refractivity contribution in [3.63, 3.8) is 0 Å². The van der Waals surface area contributed by atoms with E-state index in [1.54, 1.807) is 0 Å². The third-order valence-electron chi connectivity index (χ3n) is 5.06. The second-order valence-corrected chi connectivity index (χ2v) is 8.29. The van der Waals surface area contributed by atoms with Gasteiger partial charge in [-0.25, -0.2) is 0 Å². The van der Waals surface area contributed by atoms with Crippen molar-refractivity contribution < 1.29 is 0 Å². The first kappa shape index (κ1) is 19.8. The van der Waals surface area contributed by atoms with E-state index in [9.17, 15) is 0 Å². The average Bonchev–Trinajstić information content (AvgIpc) is 2.63. The Bertz CT molecular complexity index is 958. The SMILES string of the molecule is C=C(NC(C)C(C)C)c1ccc(Cc2ccc3cc(Cl)c(Cl)cc3c2)cc1. The molecule has 0 spiro atoms. The molecule has 1 N–H and O–H groups in total. The molecule has 1 unspecified atom stereocenters. The van der Waals surface area contributed by atoms with Gasteiger partial charge in [0.25, 0.3) is 0 Å². The smallest absolute Gasteiger partial charge is 0.0598 e. The molecule has 140 valence electrons. The van der Waals surface area contributed by atoms with Crippen molar-refractivity contribution in [2.75, 3.05) is 0 Å². The van der Waals surface area contributed by atoms with Crippen LogP contribution in [0, 0.1) is 5.92 Å². The minimum atomic E-state index is 0.398. The van der Waals surface area contributed by atoms with Gasteiger partial charge in [0.05, 0.1) is 10.0 Å². The molecule has 0 aromatic heterocycles. The van der Waals surface area contributed by atoms with Crippen LogP contribution in [0.2, 0.25) is 10.0 Å². The molecule has 0 fully saturated rings. The predicted octanol–water partition coefficient (Wildman–Crippen LogP) is 7.34. The highest BCUT2D eigenvalue weighted by Gasteiger charge is 2.09. The molecule has 27 heavy (non-hydrogen) atoms. The molecule has 3 aromatic carbocycles. The molecule has 0 saturated carbocycles. The van der Waals surface area contributed by atoms with Crippen LogP contribution in [0.5, 0.6) is 0 Å². The number of benzene rings is 3. The van der Waals surface area contributed by atoms with E-state index in [0.717, 1.165) is 28.5 Å². The number of hydrogen-bond donors (Lipinski definition) is 1. The van der Waals surface area contributed by atoms with Gasteiger partial charge in [-0.3, -0.25) is 0 Å². The van der Waals surface area contributed by atoms with E-state index < -0.39 is 0 Å². The van der Waals surface area contributed by atoms with Crippen molar-refractivity contribution in [3.8, 4) is 0 Å². The Morgan fingerprint density at radius 3 is 2.07 bits per heavy atom. The van der Waals surface area contributed by atoms with Crippen LogP contribution in [0.4, 0.5) is 0 Å². The standard InChI is InChI=1S/C24H25Cl2N/c1-15(2)16(3)27-17(4)20-8-5-18(6-9-20)11-19-7-10-21-13-23(25)24(26)14-22(21)12-19/h5-10,12-16,27H,4,11H2,1-3H3. The van der Waals surface area contributed by atoms with Crippen LogP contribution in [0.1, 0.15) is 37.5 Å². The third kappa shape index (κ3) is 4.86. The molecular weight excluding hydrogens is 373 g/mol. The van der Waals surface area contributed by atoms with E-state index in [2.05, 4.69) is 75.1 Å². The summed E-state index contributed by atoms with van der Waals surface area (Å²) < 4.78 is 0. The van der Waals surface area contributed by atoms with Crippen molar-refractivity contribution in [2.45, 2.75) is 33.2 Å². The summed E-state index contributed by atoms with van der Waals surface area (Å²) in [6.45, 7) is 10.8. The lowest BCUT2D eigenvalue weighted by atomic mass is 9.99. The molecule has 0 aliphatic carbocycles. The number of halogens is 2. The van der Waals surface area contributed by atoms with Gasteiger partial charge in [0.2, 0.25) is 0 Å². The molecule has 0 amide bonds. The van der Waals surface area contributed by atoms with Crippen molar-refractivity contribution in [3.05, 3.63) is 87.9 Å². The van der Waals surface area contributed by atoms with Gasteiger partial charge in [-0.15, -0.1) is 0 Å². The second-order valence-electron chi connectivity index (χ2n) is 7.48. The largest absolute Gasteiger partial charge is 0.382 e. The lowest BCUT2D eigenvalue weighted by Gasteiger charge is -2.20. The van der Waals surface area contributed by atoms with Gasteiger partial charge < -0.3 is 5.32 Å². The molecule has 3 aromatic rings. The molecular formula is C24H25Cl2N. The van der Waals surface area contributed by atoms with E-state index in [0.29, 0.717) is 22.0 Å². The third-order valence-corrected chi connectivity index (χ3v) is 5.78. The van der Waals surface area contributed by atoms with Crippen LogP contribution in [0.3, 0.4) is 0 Å². The number of fused-ring (bicyclic) bond motifs is 1. The van der Waals surface area contributed by atoms with Gasteiger partial charge in [-0.05, 0) is 58.9 Å². The summed E-state index contributed by atoms with van der Waals surface area (Å²) in [5.41, 5.74) is 4.62. The summed E-state index contributed by atoms with van der Waals surface area (Å²) in [6, 6.07) is 19.3. The monoisotopic (exact) mass is 397 g/mol. The number of hydrogen-bond acceptors (Lipinski definition) is 1. The highest BCUT2D eigenvalue weighted by molar-refractivity contribution is 6.42. The fourth-order valence-corrected chi connectivity index (χ4v) is 3.33. The first-order chi connectivity index (χ1) is 12.8. The van der Waals surface area contributed by atoms with Crippen molar-refractivity contribution >= 4 is 39.7 Å². The molecule has 1 nitrogen and oxygen atoms in total. The minimum absolute atomic E-state index is 0.398. The van der Waals surface area contributed by atoms with E-state index in [-0.39, 0.29) is 0 Å². The van der Waals surface area contributed by atoms with Gasteiger partial charge in [-0.1, -0.05) is 86.1 Å².